The molecule has 1 saturated heterocycles. The first-order valence-corrected chi connectivity index (χ1v) is 9.29. The van der Waals surface area contributed by atoms with Gasteiger partial charge in [0.25, 0.3) is 0 Å². The van der Waals surface area contributed by atoms with E-state index in [9.17, 15) is 0 Å². The summed E-state index contributed by atoms with van der Waals surface area (Å²) in [5, 5.41) is 7.65. The van der Waals surface area contributed by atoms with Crippen LogP contribution in [0.4, 0.5) is 0 Å². The molecule has 23 heavy (non-hydrogen) atoms. The van der Waals surface area contributed by atoms with Crippen LogP contribution in [0.2, 0.25) is 0 Å². The lowest BCUT2D eigenvalue weighted by Crippen LogP contribution is -2.43. The van der Waals surface area contributed by atoms with E-state index in [0.717, 1.165) is 24.7 Å². The molecule has 0 radical (unpaired) electrons. The first-order chi connectivity index (χ1) is 11.1. The fourth-order valence-corrected chi connectivity index (χ4v) is 4.25. The summed E-state index contributed by atoms with van der Waals surface area (Å²) in [6, 6.07) is 0.669. The molecule has 2 fully saturated rings. The Kier molecular flexibility index (Phi) is 5.37. The maximum atomic E-state index is 5.36. The van der Waals surface area contributed by atoms with Crippen LogP contribution in [0.3, 0.4) is 0 Å². The second kappa shape index (κ2) is 7.31. The molecule has 1 spiro atoms. The SMILES string of the molecule is CC(C)Cc1nc(CN(C)C2CCC3(CCNCC3)CC2)no1. The van der Waals surface area contributed by atoms with Crippen LogP contribution < -0.4 is 5.32 Å². The smallest absolute Gasteiger partial charge is 0.226 e. The van der Waals surface area contributed by atoms with Crippen LogP contribution in [0.5, 0.6) is 0 Å². The van der Waals surface area contributed by atoms with Gasteiger partial charge in [-0.1, -0.05) is 19.0 Å². The minimum atomic E-state index is 0.556. The van der Waals surface area contributed by atoms with Gasteiger partial charge in [0, 0.05) is 12.5 Å². The summed E-state index contributed by atoms with van der Waals surface area (Å²) in [5.74, 6) is 2.17. The summed E-state index contributed by atoms with van der Waals surface area (Å²) in [4.78, 5) is 6.97. The molecule has 3 rings (SSSR count). The molecule has 2 aliphatic rings. The molecule has 1 aromatic rings. The second-order valence-electron chi connectivity index (χ2n) is 8.10. The van der Waals surface area contributed by atoms with Gasteiger partial charge in [0.1, 0.15) is 0 Å². The molecule has 1 saturated carbocycles. The molecule has 1 aliphatic carbocycles. The van der Waals surface area contributed by atoms with E-state index in [0.29, 0.717) is 17.4 Å². The van der Waals surface area contributed by atoms with Gasteiger partial charge in [-0.2, -0.15) is 4.98 Å². The molecule has 5 nitrogen and oxygen atoms in total. The van der Waals surface area contributed by atoms with Crippen LogP contribution in [-0.2, 0) is 13.0 Å². The van der Waals surface area contributed by atoms with Gasteiger partial charge in [0.05, 0.1) is 6.54 Å². The van der Waals surface area contributed by atoms with E-state index >= 15 is 0 Å². The van der Waals surface area contributed by atoms with Crippen molar-refractivity contribution in [3.63, 3.8) is 0 Å². The summed E-state index contributed by atoms with van der Waals surface area (Å²) in [6.45, 7) is 7.58. The Bertz CT molecular complexity index is 483. The summed E-state index contributed by atoms with van der Waals surface area (Å²) < 4.78 is 5.36. The largest absolute Gasteiger partial charge is 0.339 e. The fraction of sp³-hybridized carbons (Fsp3) is 0.889. The number of hydrogen-bond donors (Lipinski definition) is 1. The zero-order valence-corrected chi connectivity index (χ0v) is 15.0. The van der Waals surface area contributed by atoms with E-state index in [-0.39, 0.29) is 0 Å². The van der Waals surface area contributed by atoms with Crippen molar-refractivity contribution in [2.75, 3.05) is 20.1 Å². The van der Waals surface area contributed by atoms with Crippen LogP contribution in [0.15, 0.2) is 4.52 Å². The quantitative estimate of drug-likeness (QED) is 0.904. The second-order valence-corrected chi connectivity index (χ2v) is 8.10. The Hall–Kier alpha value is -0.940. The van der Waals surface area contributed by atoms with Gasteiger partial charge in [0.15, 0.2) is 5.82 Å². The number of nitrogens with one attached hydrogen (secondary N) is 1. The molecule has 0 unspecified atom stereocenters. The highest BCUT2D eigenvalue weighted by Gasteiger charge is 2.37. The molecule has 5 heteroatoms. The molecule has 0 amide bonds. The molecule has 2 heterocycles. The Labute approximate surface area is 140 Å². The van der Waals surface area contributed by atoms with E-state index in [1.165, 1.54) is 51.6 Å². The zero-order valence-electron chi connectivity index (χ0n) is 15.0. The van der Waals surface area contributed by atoms with Crippen LogP contribution in [0.1, 0.15) is 64.1 Å². The van der Waals surface area contributed by atoms with Crippen molar-refractivity contribution in [1.29, 1.82) is 0 Å². The lowest BCUT2D eigenvalue weighted by Gasteiger charge is -2.45. The Balaban J connectivity index is 1.49. The van der Waals surface area contributed by atoms with Crippen molar-refractivity contribution < 1.29 is 4.52 Å². The monoisotopic (exact) mass is 320 g/mol. The highest BCUT2D eigenvalue weighted by atomic mass is 16.5. The van der Waals surface area contributed by atoms with Crippen molar-refractivity contribution in [2.45, 2.75) is 71.4 Å². The number of aromatic nitrogens is 2. The van der Waals surface area contributed by atoms with Crippen LogP contribution in [0.25, 0.3) is 0 Å². The first-order valence-electron chi connectivity index (χ1n) is 9.29. The fourth-order valence-electron chi connectivity index (χ4n) is 4.25. The third-order valence-electron chi connectivity index (χ3n) is 5.79. The van der Waals surface area contributed by atoms with Crippen molar-refractivity contribution in [1.82, 2.24) is 20.4 Å². The normalized spacial score (nSPS) is 22.3. The van der Waals surface area contributed by atoms with Crippen molar-refractivity contribution >= 4 is 0 Å². The van der Waals surface area contributed by atoms with Gasteiger partial charge >= 0.3 is 0 Å². The van der Waals surface area contributed by atoms with E-state index < -0.39 is 0 Å². The first kappa shape index (κ1) is 16.9. The summed E-state index contributed by atoms with van der Waals surface area (Å²) in [7, 11) is 2.21. The summed E-state index contributed by atoms with van der Waals surface area (Å²) in [6.07, 6.45) is 9.00. The number of piperidine rings is 1. The Morgan fingerprint density at radius 1 is 1.22 bits per heavy atom. The van der Waals surface area contributed by atoms with Crippen molar-refractivity contribution in [3.8, 4) is 0 Å². The van der Waals surface area contributed by atoms with E-state index in [1.807, 2.05) is 0 Å². The van der Waals surface area contributed by atoms with E-state index in [1.54, 1.807) is 0 Å². The molecule has 130 valence electrons. The average molecular weight is 320 g/mol. The van der Waals surface area contributed by atoms with Crippen molar-refractivity contribution in [3.05, 3.63) is 11.7 Å². The van der Waals surface area contributed by atoms with Gasteiger partial charge in [-0.3, -0.25) is 4.90 Å². The molecule has 1 N–H and O–H groups in total. The Morgan fingerprint density at radius 2 is 1.91 bits per heavy atom. The average Bonchev–Trinajstić information content (AvgIpc) is 2.95. The third-order valence-corrected chi connectivity index (χ3v) is 5.79. The molecule has 0 aromatic carbocycles. The zero-order chi connectivity index (χ0) is 16.3. The Morgan fingerprint density at radius 3 is 2.57 bits per heavy atom. The lowest BCUT2D eigenvalue weighted by molar-refractivity contribution is 0.0726. The maximum Gasteiger partial charge on any atom is 0.226 e. The topological polar surface area (TPSA) is 54.2 Å². The molecular weight excluding hydrogens is 288 g/mol. The molecule has 1 aliphatic heterocycles. The standard InChI is InChI=1S/C18H32N4O/c1-14(2)12-17-20-16(21-23-17)13-22(3)15-4-6-18(7-5-15)8-10-19-11-9-18/h14-15,19H,4-13H2,1-3H3. The molecular formula is C18H32N4O. The maximum absolute atomic E-state index is 5.36. The number of rotatable bonds is 5. The summed E-state index contributed by atoms with van der Waals surface area (Å²) in [5.41, 5.74) is 0.638. The number of hydrogen-bond acceptors (Lipinski definition) is 5. The van der Waals surface area contributed by atoms with Crippen LogP contribution in [0, 0.1) is 11.3 Å². The minimum absolute atomic E-state index is 0.556. The number of nitrogens with zero attached hydrogens (tertiary/aromatic N) is 3. The lowest BCUT2D eigenvalue weighted by atomic mass is 9.67. The third kappa shape index (κ3) is 4.32. The van der Waals surface area contributed by atoms with Gasteiger partial charge in [-0.15, -0.1) is 0 Å². The van der Waals surface area contributed by atoms with Gasteiger partial charge in [-0.05, 0) is 70.0 Å². The highest BCUT2D eigenvalue weighted by Crippen LogP contribution is 2.44. The predicted molar refractivity (Wildman–Crippen MR) is 91.1 cm³/mol. The molecule has 1 aromatic heterocycles. The van der Waals surface area contributed by atoms with Gasteiger partial charge < -0.3 is 9.84 Å². The van der Waals surface area contributed by atoms with Crippen LogP contribution >= 0.6 is 0 Å². The molecule has 0 bridgehead atoms. The summed E-state index contributed by atoms with van der Waals surface area (Å²) >= 11 is 0. The van der Waals surface area contributed by atoms with Crippen molar-refractivity contribution in [2.24, 2.45) is 11.3 Å². The van der Waals surface area contributed by atoms with E-state index in [2.05, 4.69) is 41.3 Å². The van der Waals surface area contributed by atoms with Gasteiger partial charge in [0.2, 0.25) is 5.89 Å². The van der Waals surface area contributed by atoms with Crippen LogP contribution in [-0.4, -0.2) is 41.2 Å². The highest BCUT2D eigenvalue weighted by molar-refractivity contribution is 4.93. The minimum Gasteiger partial charge on any atom is -0.339 e. The molecule has 0 atom stereocenters. The predicted octanol–water partition coefficient (Wildman–Crippen LogP) is 3.01. The van der Waals surface area contributed by atoms with E-state index in [4.69, 9.17) is 4.52 Å². The van der Waals surface area contributed by atoms with Gasteiger partial charge in [-0.25, -0.2) is 0 Å².